The van der Waals surface area contributed by atoms with Crippen LogP contribution in [-0.4, -0.2) is 9.38 Å². The van der Waals surface area contributed by atoms with E-state index in [1.54, 1.807) is 12.1 Å². The molecule has 0 aliphatic carbocycles. The molecule has 0 bridgehead atoms. The molecule has 84 valence electrons. The van der Waals surface area contributed by atoms with E-state index in [4.69, 9.17) is 0 Å². The first-order valence-electron chi connectivity index (χ1n) is 5.45. The van der Waals surface area contributed by atoms with Crippen molar-refractivity contribution in [2.24, 2.45) is 0 Å². The molecular weight excluding hydrogens is 215 g/mol. The summed E-state index contributed by atoms with van der Waals surface area (Å²) in [5.74, 6) is 0.615. The Labute approximate surface area is 98.4 Å². The van der Waals surface area contributed by atoms with Gasteiger partial charge in [0.1, 0.15) is 11.6 Å². The lowest BCUT2D eigenvalue weighted by Gasteiger charge is -2.04. The Kier molecular flexibility index (Phi) is 2.18. The van der Waals surface area contributed by atoms with Crippen LogP contribution in [0, 0.1) is 12.7 Å². The van der Waals surface area contributed by atoms with Crippen molar-refractivity contribution in [1.29, 1.82) is 0 Å². The summed E-state index contributed by atoms with van der Waals surface area (Å²) in [6.07, 6.45) is 1.83. The van der Waals surface area contributed by atoms with E-state index in [0.29, 0.717) is 0 Å². The van der Waals surface area contributed by atoms with Gasteiger partial charge in [-0.05, 0) is 43.3 Å². The monoisotopic (exact) mass is 226 g/mol. The van der Waals surface area contributed by atoms with E-state index in [0.717, 1.165) is 22.6 Å². The van der Waals surface area contributed by atoms with Crippen LogP contribution >= 0.6 is 0 Å². The van der Waals surface area contributed by atoms with Gasteiger partial charge in [-0.3, -0.25) is 4.40 Å². The van der Waals surface area contributed by atoms with Crippen molar-refractivity contribution in [2.75, 3.05) is 0 Å². The third-order valence-corrected chi connectivity index (χ3v) is 2.85. The van der Waals surface area contributed by atoms with Crippen molar-refractivity contribution in [3.8, 4) is 11.4 Å². The van der Waals surface area contributed by atoms with Crippen LogP contribution in [0.3, 0.4) is 0 Å². The summed E-state index contributed by atoms with van der Waals surface area (Å²) in [6.45, 7) is 2.03. The Bertz CT molecular complexity index is 668. The van der Waals surface area contributed by atoms with Gasteiger partial charge in [-0.2, -0.15) is 0 Å². The predicted octanol–water partition coefficient (Wildman–Crippen LogP) is 3.45. The fourth-order valence-electron chi connectivity index (χ4n) is 2.02. The van der Waals surface area contributed by atoms with Crippen LogP contribution in [0.25, 0.3) is 16.9 Å². The molecular formula is C14H11FN2. The van der Waals surface area contributed by atoms with Crippen molar-refractivity contribution in [1.82, 2.24) is 9.38 Å². The van der Waals surface area contributed by atoms with Gasteiger partial charge in [-0.1, -0.05) is 6.07 Å². The number of pyridine rings is 1. The molecule has 2 heterocycles. The molecule has 3 rings (SSSR count). The smallest absolute Gasteiger partial charge is 0.144 e. The maximum absolute atomic E-state index is 12.9. The van der Waals surface area contributed by atoms with E-state index in [-0.39, 0.29) is 5.82 Å². The van der Waals surface area contributed by atoms with Gasteiger partial charge in [0.25, 0.3) is 0 Å². The summed E-state index contributed by atoms with van der Waals surface area (Å²) in [6, 6.07) is 12.4. The number of fused-ring (bicyclic) bond motifs is 1. The van der Waals surface area contributed by atoms with Gasteiger partial charge in [0.15, 0.2) is 0 Å². The largest absolute Gasteiger partial charge is 0.297 e. The molecule has 0 N–H and O–H groups in total. The van der Waals surface area contributed by atoms with Gasteiger partial charge in [0.2, 0.25) is 0 Å². The Morgan fingerprint density at radius 1 is 1.06 bits per heavy atom. The number of imidazole rings is 1. The molecule has 17 heavy (non-hydrogen) atoms. The molecule has 3 heteroatoms. The minimum Gasteiger partial charge on any atom is -0.297 e. The minimum absolute atomic E-state index is 0.230. The topological polar surface area (TPSA) is 17.3 Å². The number of benzene rings is 1. The highest BCUT2D eigenvalue weighted by Gasteiger charge is 2.07. The number of aromatic nitrogens is 2. The van der Waals surface area contributed by atoms with Crippen molar-refractivity contribution < 1.29 is 4.39 Å². The van der Waals surface area contributed by atoms with E-state index in [2.05, 4.69) is 9.38 Å². The minimum atomic E-state index is -0.230. The zero-order valence-electron chi connectivity index (χ0n) is 9.39. The lowest BCUT2D eigenvalue weighted by molar-refractivity contribution is 0.628. The molecule has 3 aromatic rings. The highest BCUT2D eigenvalue weighted by Crippen LogP contribution is 2.21. The summed E-state index contributed by atoms with van der Waals surface area (Å²) < 4.78 is 15.0. The van der Waals surface area contributed by atoms with Gasteiger partial charge in [0, 0.05) is 11.3 Å². The van der Waals surface area contributed by atoms with Crippen LogP contribution in [-0.2, 0) is 0 Å². The molecule has 0 aliphatic rings. The molecule has 0 fully saturated rings. The maximum atomic E-state index is 12.9. The van der Waals surface area contributed by atoms with Crippen molar-refractivity contribution in [2.45, 2.75) is 6.92 Å². The van der Waals surface area contributed by atoms with Crippen LogP contribution in [0.5, 0.6) is 0 Å². The van der Waals surface area contributed by atoms with E-state index in [9.17, 15) is 4.39 Å². The van der Waals surface area contributed by atoms with Crippen LogP contribution in [0.15, 0.2) is 48.7 Å². The van der Waals surface area contributed by atoms with Gasteiger partial charge in [-0.15, -0.1) is 0 Å². The maximum Gasteiger partial charge on any atom is 0.144 e. The lowest BCUT2D eigenvalue weighted by Crippen LogP contribution is -1.93. The predicted molar refractivity (Wildman–Crippen MR) is 65.3 cm³/mol. The molecule has 0 amide bonds. The molecule has 1 aromatic carbocycles. The fraction of sp³-hybridized carbons (Fsp3) is 0.0714. The molecule has 0 radical (unpaired) electrons. The van der Waals surface area contributed by atoms with Crippen LogP contribution < -0.4 is 0 Å². The van der Waals surface area contributed by atoms with Gasteiger partial charge >= 0.3 is 0 Å². The quantitative estimate of drug-likeness (QED) is 0.621. The Hall–Kier alpha value is -2.16. The molecule has 0 aliphatic heterocycles. The molecule has 0 saturated heterocycles. The third-order valence-electron chi connectivity index (χ3n) is 2.85. The Morgan fingerprint density at radius 3 is 2.59 bits per heavy atom. The fourth-order valence-corrected chi connectivity index (χ4v) is 2.02. The number of nitrogens with zero attached hydrogens (tertiary/aromatic N) is 2. The average Bonchev–Trinajstić information content (AvgIpc) is 2.75. The number of hydrogen-bond acceptors (Lipinski definition) is 1. The van der Waals surface area contributed by atoms with Crippen LogP contribution in [0.4, 0.5) is 4.39 Å². The van der Waals surface area contributed by atoms with E-state index in [1.807, 2.05) is 31.3 Å². The highest BCUT2D eigenvalue weighted by atomic mass is 19.1. The second-order valence-corrected chi connectivity index (χ2v) is 4.02. The summed E-state index contributed by atoms with van der Waals surface area (Å²) in [5, 5.41) is 0. The SMILES string of the molecule is Cc1cccc2cnc(-c3ccc(F)cc3)n12. The van der Waals surface area contributed by atoms with Crippen molar-refractivity contribution >= 4 is 5.52 Å². The normalized spacial score (nSPS) is 10.9. The summed E-state index contributed by atoms with van der Waals surface area (Å²) in [7, 11) is 0. The lowest BCUT2D eigenvalue weighted by atomic mass is 10.2. The first-order valence-corrected chi connectivity index (χ1v) is 5.45. The Morgan fingerprint density at radius 2 is 1.82 bits per heavy atom. The summed E-state index contributed by atoms with van der Waals surface area (Å²) >= 11 is 0. The molecule has 2 nitrogen and oxygen atoms in total. The number of halogens is 1. The number of hydrogen-bond donors (Lipinski definition) is 0. The summed E-state index contributed by atoms with van der Waals surface area (Å²) in [4.78, 5) is 4.40. The average molecular weight is 226 g/mol. The third kappa shape index (κ3) is 1.60. The first-order chi connectivity index (χ1) is 8.25. The zero-order valence-corrected chi connectivity index (χ0v) is 9.39. The van der Waals surface area contributed by atoms with Gasteiger partial charge in [-0.25, -0.2) is 9.37 Å². The van der Waals surface area contributed by atoms with Gasteiger partial charge < -0.3 is 0 Å². The second-order valence-electron chi connectivity index (χ2n) is 4.02. The highest BCUT2D eigenvalue weighted by molar-refractivity contribution is 5.62. The zero-order chi connectivity index (χ0) is 11.8. The number of aryl methyl sites for hydroxylation is 1. The number of rotatable bonds is 1. The van der Waals surface area contributed by atoms with E-state index >= 15 is 0 Å². The van der Waals surface area contributed by atoms with Crippen LogP contribution in [0.2, 0.25) is 0 Å². The molecule has 0 saturated carbocycles. The first kappa shape index (κ1) is 10.0. The molecule has 0 spiro atoms. The van der Waals surface area contributed by atoms with E-state index in [1.165, 1.54) is 12.1 Å². The standard InChI is InChI=1S/C14H11FN2/c1-10-3-2-4-13-9-16-14(17(10)13)11-5-7-12(15)8-6-11/h2-9H,1H3. The van der Waals surface area contributed by atoms with Gasteiger partial charge in [0.05, 0.1) is 11.7 Å². The van der Waals surface area contributed by atoms with E-state index < -0.39 is 0 Å². The molecule has 0 unspecified atom stereocenters. The summed E-state index contributed by atoms with van der Waals surface area (Å²) in [5.41, 5.74) is 3.07. The van der Waals surface area contributed by atoms with Crippen molar-refractivity contribution in [3.63, 3.8) is 0 Å². The molecule has 0 atom stereocenters. The van der Waals surface area contributed by atoms with Crippen molar-refractivity contribution in [3.05, 3.63) is 60.2 Å². The second kappa shape index (κ2) is 3.70. The molecule has 2 aromatic heterocycles. The van der Waals surface area contributed by atoms with Crippen LogP contribution in [0.1, 0.15) is 5.69 Å². The Balaban J connectivity index is 2.27.